The third-order valence-corrected chi connectivity index (χ3v) is 3.96. The minimum absolute atomic E-state index is 0.376. The van der Waals surface area contributed by atoms with Crippen LogP contribution in [0.4, 0.5) is 0 Å². The number of aryl methyl sites for hydroxylation is 1. The normalized spacial score (nSPS) is 11.4. The fourth-order valence-electron chi connectivity index (χ4n) is 2.46. The Balaban J connectivity index is 1.56. The van der Waals surface area contributed by atoms with E-state index in [1.165, 1.54) is 11.1 Å². The maximum absolute atomic E-state index is 6.00. The molecule has 7 heteroatoms. The lowest BCUT2D eigenvalue weighted by molar-refractivity contribution is 0.375. The smallest absolute Gasteiger partial charge is 0.246 e. The fourth-order valence-corrected chi connectivity index (χ4v) is 2.65. The molecule has 0 aliphatic heterocycles. The lowest BCUT2D eigenvalue weighted by Gasteiger charge is -2.10. The molecule has 0 bridgehead atoms. The van der Waals surface area contributed by atoms with Gasteiger partial charge in [-0.05, 0) is 24.6 Å². The molecule has 1 aromatic heterocycles. The van der Waals surface area contributed by atoms with Gasteiger partial charge in [0, 0.05) is 24.2 Å². The molecule has 0 fully saturated rings. The number of benzene rings is 2. The first kappa shape index (κ1) is 17.9. The molecule has 2 N–H and O–H groups in total. The van der Waals surface area contributed by atoms with Gasteiger partial charge < -0.3 is 15.2 Å². The first-order valence-corrected chi connectivity index (χ1v) is 8.60. The van der Waals surface area contributed by atoms with Crippen LogP contribution in [0.3, 0.4) is 0 Å². The van der Waals surface area contributed by atoms with Crippen LogP contribution >= 0.6 is 11.6 Å². The molecule has 0 aliphatic rings. The predicted molar refractivity (Wildman–Crippen MR) is 103 cm³/mol. The molecule has 2 aromatic carbocycles. The number of rotatable bonds is 5. The van der Waals surface area contributed by atoms with E-state index >= 15 is 0 Å². The Kier molecular flexibility index (Phi) is 5.86. The van der Waals surface area contributed by atoms with E-state index in [-0.39, 0.29) is 0 Å². The Hall–Kier alpha value is -2.86. The topological polar surface area (TPSA) is 75.3 Å². The highest BCUT2D eigenvalue weighted by Gasteiger charge is 2.09. The number of nitrogens with one attached hydrogen (secondary N) is 2. The molecular formula is C19H20ClN5O. The summed E-state index contributed by atoms with van der Waals surface area (Å²) in [5, 5.41) is 11.0. The maximum Gasteiger partial charge on any atom is 0.246 e. The van der Waals surface area contributed by atoms with Crippen molar-refractivity contribution in [2.75, 3.05) is 7.05 Å². The molecule has 0 saturated carbocycles. The van der Waals surface area contributed by atoms with E-state index < -0.39 is 0 Å². The van der Waals surface area contributed by atoms with Crippen LogP contribution in [-0.2, 0) is 13.1 Å². The van der Waals surface area contributed by atoms with Gasteiger partial charge in [-0.3, -0.25) is 4.99 Å². The quantitative estimate of drug-likeness (QED) is 0.531. The van der Waals surface area contributed by atoms with Gasteiger partial charge in [0.05, 0.1) is 6.54 Å². The van der Waals surface area contributed by atoms with Crippen molar-refractivity contribution in [1.29, 1.82) is 0 Å². The van der Waals surface area contributed by atoms with Crippen LogP contribution in [0.5, 0.6) is 0 Å². The highest BCUT2D eigenvalue weighted by molar-refractivity contribution is 6.30. The van der Waals surface area contributed by atoms with Crippen molar-refractivity contribution in [2.24, 2.45) is 4.99 Å². The second-order valence-corrected chi connectivity index (χ2v) is 6.23. The lowest BCUT2D eigenvalue weighted by atomic mass is 10.1. The Bertz CT molecular complexity index is 906. The summed E-state index contributed by atoms with van der Waals surface area (Å²) in [6.07, 6.45) is 0. The molecule has 0 spiro atoms. The fraction of sp³-hybridized carbons (Fsp3) is 0.211. The van der Waals surface area contributed by atoms with E-state index in [0.717, 1.165) is 5.56 Å². The number of guanidine groups is 1. The van der Waals surface area contributed by atoms with Crippen LogP contribution in [0.1, 0.15) is 17.0 Å². The van der Waals surface area contributed by atoms with Crippen LogP contribution < -0.4 is 10.6 Å². The van der Waals surface area contributed by atoms with Crippen molar-refractivity contribution in [3.63, 3.8) is 0 Å². The number of hydrogen-bond acceptors (Lipinski definition) is 4. The number of nitrogens with zero attached hydrogens (tertiary/aromatic N) is 3. The van der Waals surface area contributed by atoms with Crippen molar-refractivity contribution in [1.82, 2.24) is 20.8 Å². The number of aromatic nitrogens is 2. The maximum atomic E-state index is 6.00. The highest BCUT2D eigenvalue weighted by Crippen LogP contribution is 2.19. The molecule has 134 valence electrons. The summed E-state index contributed by atoms with van der Waals surface area (Å²) in [6, 6.07) is 15.7. The third-order valence-electron chi connectivity index (χ3n) is 3.72. The van der Waals surface area contributed by atoms with Crippen molar-refractivity contribution < 1.29 is 4.52 Å². The molecule has 0 aliphatic carbocycles. The molecule has 0 radical (unpaired) electrons. The molecule has 0 amide bonds. The standard InChI is InChI=1S/C19H20ClN5O/c1-13-5-3-6-14(9-13)11-22-19(21-2)23-12-17-24-18(25-26-17)15-7-4-8-16(20)10-15/h3-10H,11-12H2,1-2H3,(H2,21,22,23). The van der Waals surface area contributed by atoms with E-state index in [9.17, 15) is 0 Å². The Morgan fingerprint density at radius 2 is 1.92 bits per heavy atom. The summed E-state index contributed by atoms with van der Waals surface area (Å²) < 4.78 is 5.28. The summed E-state index contributed by atoms with van der Waals surface area (Å²) >= 11 is 6.00. The minimum Gasteiger partial charge on any atom is -0.352 e. The van der Waals surface area contributed by atoms with E-state index in [1.54, 1.807) is 19.2 Å². The molecule has 0 saturated heterocycles. The molecular weight excluding hydrogens is 350 g/mol. The Morgan fingerprint density at radius 1 is 1.12 bits per heavy atom. The lowest BCUT2D eigenvalue weighted by Crippen LogP contribution is -2.36. The Morgan fingerprint density at radius 3 is 2.69 bits per heavy atom. The van der Waals surface area contributed by atoms with Crippen molar-refractivity contribution >= 4 is 17.6 Å². The summed E-state index contributed by atoms with van der Waals surface area (Å²) in [6.45, 7) is 3.13. The monoisotopic (exact) mass is 369 g/mol. The Labute approximate surface area is 157 Å². The van der Waals surface area contributed by atoms with Gasteiger partial charge in [0.25, 0.3) is 0 Å². The molecule has 26 heavy (non-hydrogen) atoms. The van der Waals surface area contributed by atoms with E-state index in [1.807, 2.05) is 18.2 Å². The molecule has 1 heterocycles. The molecule has 3 rings (SSSR count). The molecule has 6 nitrogen and oxygen atoms in total. The zero-order chi connectivity index (χ0) is 18.4. The van der Waals surface area contributed by atoms with Gasteiger partial charge in [0.2, 0.25) is 11.7 Å². The summed E-state index contributed by atoms with van der Waals surface area (Å²) in [5.74, 6) is 1.64. The SMILES string of the molecule is CN=C(NCc1cccc(C)c1)NCc1nc(-c2cccc(Cl)c2)no1. The van der Waals surface area contributed by atoms with Gasteiger partial charge in [0.15, 0.2) is 5.96 Å². The summed E-state index contributed by atoms with van der Waals surface area (Å²) in [4.78, 5) is 8.58. The van der Waals surface area contributed by atoms with Crippen LogP contribution in [-0.4, -0.2) is 23.1 Å². The second kappa shape index (κ2) is 8.49. The summed E-state index contributed by atoms with van der Waals surface area (Å²) in [7, 11) is 1.72. The second-order valence-electron chi connectivity index (χ2n) is 5.79. The molecule has 0 unspecified atom stereocenters. The van der Waals surface area contributed by atoms with Crippen molar-refractivity contribution in [2.45, 2.75) is 20.0 Å². The van der Waals surface area contributed by atoms with Gasteiger partial charge in [-0.2, -0.15) is 4.98 Å². The van der Waals surface area contributed by atoms with E-state index in [2.05, 4.69) is 50.9 Å². The van der Waals surface area contributed by atoms with Crippen molar-refractivity contribution in [3.8, 4) is 11.4 Å². The van der Waals surface area contributed by atoms with Crippen LogP contribution in [0.25, 0.3) is 11.4 Å². The van der Waals surface area contributed by atoms with Crippen molar-refractivity contribution in [3.05, 3.63) is 70.6 Å². The van der Waals surface area contributed by atoms with Gasteiger partial charge >= 0.3 is 0 Å². The largest absolute Gasteiger partial charge is 0.352 e. The average molecular weight is 370 g/mol. The van der Waals surface area contributed by atoms with Crippen LogP contribution in [0.2, 0.25) is 5.02 Å². The van der Waals surface area contributed by atoms with E-state index in [4.69, 9.17) is 16.1 Å². The third kappa shape index (κ3) is 4.83. The molecule has 0 atom stereocenters. The molecule has 3 aromatic rings. The van der Waals surface area contributed by atoms with Gasteiger partial charge in [-0.15, -0.1) is 0 Å². The van der Waals surface area contributed by atoms with E-state index in [0.29, 0.717) is 35.8 Å². The number of aliphatic imine (C=N–C) groups is 1. The first-order chi connectivity index (χ1) is 12.6. The van der Waals surface area contributed by atoms with Gasteiger partial charge in [0.1, 0.15) is 0 Å². The zero-order valence-corrected chi connectivity index (χ0v) is 15.4. The minimum atomic E-state index is 0.376. The van der Waals surface area contributed by atoms with Crippen LogP contribution in [0, 0.1) is 6.92 Å². The number of hydrogen-bond donors (Lipinski definition) is 2. The number of halogens is 1. The summed E-state index contributed by atoms with van der Waals surface area (Å²) in [5.41, 5.74) is 3.23. The average Bonchev–Trinajstić information content (AvgIpc) is 3.11. The zero-order valence-electron chi connectivity index (χ0n) is 14.7. The first-order valence-electron chi connectivity index (χ1n) is 8.22. The predicted octanol–water partition coefficient (Wildman–Crippen LogP) is 3.56. The van der Waals surface area contributed by atoms with Crippen LogP contribution in [0.15, 0.2) is 58.0 Å². The highest BCUT2D eigenvalue weighted by atomic mass is 35.5. The van der Waals surface area contributed by atoms with Gasteiger partial charge in [-0.25, -0.2) is 0 Å². The van der Waals surface area contributed by atoms with Gasteiger partial charge in [-0.1, -0.05) is 58.7 Å².